The van der Waals surface area contributed by atoms with Gasteiger partial charge in [0.2, 0.25) is 17.6 Å². The van der Waals surface area contributed by atoms with Crippen LogP contribution in [0.1, 0.15) is 49.7 Å². The standard InChI is InChI=1S/C28H36N8O4/c1-39-23-13-10-20(15-24(23)40-2)16-25(37)32-28(29)31-22(14-18-6-4-3-5-7-18)27(38)30-17-19-8-11-21(12-9-19)26-33-35-36-34-26/h8-13,15,18,22H,3-7,14,16-17H2,1-2H3,(H,30,38)(H3,29,31,32,37)(H,33,34,35,36)/t22-/m1/s1. The first-order chi connectivity index (χ1) is 19.4. The van der Waals surface area contributed by atoms with Crippen LogP contribution in [0.2, 0.25) is 0 Å². The number of amides is 2. The zero-order valence-electron chi connectivity index (χ0n) is 22.9. The SMILES string of the molecule is COc1ccc(CC(=O)NC(N)=N[C@H](CC2CCCCC2)C(=O)NCc2ccc(-c3nn[nH]n3)cc2)cc1OC. The second-order valence-electron chi connectivity index (χ2n) is 9.83. The van der Waals surface area contributed by atoms with Crippen LogP contribution >= 0.6 is 0 Å². The molecule has 4 rings (SSSR count). The number of nitrogens with zero attached hydrogens (tertiary/aromatic N) is 4. The predicted molar refractivity (Wildman–Crippen MR) is 149 cm³/mol. The Hall–Kier alpha value is -4.48. The number of rotatable bonds is 11. The van der Waals surface area contributed by atoms with Crippen LogP contribution in [0.5, 0.6) is 11.5 Å². The Balaban J connectivity index is 1.38. The van der Waals surface area contributed by atoms with Crippen LogP contribution in [-0.2, 0) is 22.6 Å². The summed E-state index contributed by atoms with van der Waals surface area (Å²) < 4.78 is 10.6. The lowest BCUT2D eigenvalue weighted by atomic mass is 9.84. The minimum atomic E-state index is -0.705. The summed E-state index contributed by atoms with van der Waals surface area (Å²) in [6.45, 7) is 0.327. The van der Waals surface area contributed by atoms with Crippen molar-refractivity contribution in [3.8, 4) is 22.9 Å². The highest BCUT2D eigenvalue weighted by molar-refractivity contribution is 5.98. The average molecular weight is 549 g/mol. The van der Waals surface area contributed by atoms with Gasteiger partial charge in [-0.15, -0.1) is 10.2 Å². The molecular formula is C28H36N8O4. The van der Waals surface area contributed by atoms with Crippen molar-refractivity contribution in [1.82, 2.24) is 31.3 Å². The van der Waals surface area contributed by atoms with Gasteiger partial charge in [-0.05, 0) is 40.8 Å². The van der Waals surface area contributed by atoms with Gasteiger partial charge in [-0.3, -0.25) is 14.9 Å². The number of aliphatic imine (C=N–C) groups is 1. The van der Waals surface area contributed by atoms with Gasteiger partial charge in [0.1, 0.15) is 6.04 Å². The van der Waals surface area contributed by atoms with Crippen LogP contribution in [0.15, 0.2) is 47.5 Å². The fourth-order valence-corrected chi connectivity index (χ4v) is 4.88. The van der Waals surface area contributed by atoms with Gasteiger partial charge in [0.25, 0.3) is 0 Å². The number of carbonyl (C=O) groups is 2. The second kappa shape index (κ2) is 14.1. The van der Waals surface area contributed by atoms with E-state index in [0.717, 1.165) is 42.4 Å². The Kier molecular flexibility index (Phi) is 10.0. The monoisotopic (exact) mass is 548 g/mol. The number of methoxy groups -OCH3 is 2. The zero-order valence-corrected chi connectivity index (χ0v) is 22.9. The summed E-state index contributed by atoms with van der Waals surface area (Å²) in [5.74, 6) is 1.34. The molecule has 0 radical (unpaired) electrons. The van der Waals surface area contributed by atoms with E-state index in [9.17, 15) is 9.59 Å². The zero-order chi connectivity index (χ0) is 28.3. The largest absolute Gasteiger partial charge is 0.493 e. The molecule has 1 aliphatic carbocycles. The first-order valence-electron chi connectivity index (χ1n) is 13.4. The van der Waals surface area contributed by atoms with Crippen molar-refractivity contribution in [1.29, 1.82) is 0 Å². The third-order valence-corrected chi connectivity index (χ3v) is 6.98. The number of hydrogen-bond acceptors (Lipinski definition) is 8. The van der Waals surface area contributed by atoms with Crippen molar-refractivity contribution in [3.63, 3.8) is 0 Å². The Morgan fingerprint density at radius 1 is 1.05 bits per heavy atom. The first kappa shape index (κ1) is 28.5. The molecule has 1 atom stereocenters. The number of ether oxygens (including phenoxy) is 2. The van der Waals surface area contributed by atoms with E-state index < -0.39 is 6.04 Å². The summed E-state index contributed by atoms with van der Waals surface area (Å²) in [6, 6.07) is 12.1. The molecular weight excluding hydrogens is 512 g/mol. The van der Waals surface area contributed by atoms with Gasteiger partial charge in [-0.1, -0.05) is 62.4 Å². The molecule has 1 saturated carbocycles. The maximum atomic E-state index is 13.2. The number of aromatic nitrogens is 4. The lowest BCUT2D eigenvalue weighted by Gasteiger charge is -2.24. The molecule has 40 heavy (non-hydrogen) atoms. The molecule has 3 aromatic rings. The van der Waals surface area contributed by atoms with Crippen molar-refractivity contribution in [2.24, 2.45) is 16.6 Å². The summed E-state index contributed by atoms with van der Waals surface area (Å²) in [5.41, 5.74) is 8.58. The maximum Gasteiger partial charge on any atom is 0.245 e. The number of benzene rings is 2. The van der Waals surface area contributed by atoms with E-state index in [1.165, 1.54) is 13.5 Å². The van der Waals surface area contributed by atoms with Gasteiger partial charge < -0.3 is 20.5 Å². The van der Waals surface area contributed by atoms with E-state index in [0.29, 0.717) is 36.2 Å². The molecule has 2 aromatic carbocycles. The van der Waals surface area contributed by atoms with Crippen LogP contribution in [0.25, 0.3) is 11.4 Å². The van der Waals surface area contributed by atoms with E-state index in [4.69, 9.17) is 15.2 Å². The third-order valence-electron chi connectivity index (χ3n) is 6.98. The number of nitrogens with one attached hydrogen (secondary N) is 3. The number of nitrogens with two attached hydrogens (primary N) is 1. The van der Waals surface area contributed by atoms with Crippen LogP contribution < -0.4 is 25.8 Å². The number of carbonyl (C=O) groups excluding carboxylic acids is 2. The Labute approximate surface area is 233 Å². The predicted octanol–water partition coefficient (Wildman–Crippen LogP) is 2.51. The van der Waals surface area contributed by atoms with Crippen LogP contribution in [0.3, 0.4) is 0 Å². The fraction of sp³-hybridized carbons (Fsp3) is 0.429. The molecule has 0 bridgehead atoms. The maximum absolute atomic E-state index is 13.2. The molecule has 5 N–H and O–H groups in total. The summed E-state index contributed by atoms with van der Waals surface area (Å²) in [7, 11) is 3.09. The first-order valence-corrected chi connectivity index (χ1v) is 13.4. The Morgan fingerprint density at radius 2 is 1.77 bits per heavy atom. The second-order valence-corrected chi connectivity index (χ2v) is 9.83. The Bertz CT molecular complexity index is 1290. The van der Waals surface area contributed by atoms with Crippen LogP contribution in [-0.4, -0.2) is 58.7 Å². The van der Waals surface area contributed by atoms with Crippen molar-refractivity contribution >= 4 is 17.8 Å². The molecule has 1 aromatic heterocycles. The van der Waals surface area contributed by atoms with Gasteiger partial charge >= 0.3 is 0 Å². The average Bonchev–Trinajstić information content (AvgIpc) is 3.51. The summed E-state index contributed by atoms with van der Waals surface area (Å²) in [5, 5.41) is 19.5. The summed E-state index contributed by atoms with van der Waals surface area (Å²) in [6.07, 6.45) is 6.26. The number of guanidine groups is 1. The molecule has 12 nitrogen and oxygen atoms in total. The molecule has 0 unspecified atom stereocenters. The molecule has 1 fully saturated rings. The molecule has 0 aliphatic heterocycles. The summed E-state index contributed by atoms with van der Waals surface area (Å²) in [4.78, 5) is 30.4. The van der Waals surface area contributed by atoms with E-state index in [1.807, 2.05) is 24.3 Å². The smallest absolute Gasteiger partial charge is 0.245 e. The highest BCUT2D eigenvalue weighted by Crippen LogP contribution is 2.29. The van der Waals surface area contributed by atoms with Crippen molar-refractivity contribution < 1.29 is 19.1 Å². The Morgan fingerprint density at radius 3 is 2.45 bits per heavy atom. The van der Waals surface area contributed by atoms with E-state index in [-0.39, 0.29) is 24.2 Å². The van der Waals surface area contributed by atoms with Gasteiger partial charge in [0.15, 0.2) is 17.5 Å². The summed E-state index contributed by atoms with van der Waals surface area (Å²) >= 11 is 0. The molecule has 1 heterocycles. The van der Waals surface area contributed by atoms with Crippen molar-refractivity contribution in [2.75, 3.05) is 14.2 Å². The van der Waals surface area contributed by atoms with Crippen LogP contribution in [0, 0.1) is 5.92 Å². The van der Waals surface area contributed by atoms with E-state index >= 15 is 0 Å². The molecule has 1 aliphatic rings. The van der Waals surface area contributed by atoms with Gasteiger partial charge in [0.05, 0.1) is 20.6 Å². The van der Waals surface area contributed by atoms with Gasteiger partial charge in [-0.2, -0.15) is 5.21 Å². The quantitative estimate of drug-likeness (QED) is 0.209. The highest BCUT2D eigenvalue weighted by atomic mass is 16.5. The normalized spacial score (nSPS) is 14.8. The number of aromatic amines is 1. The highest BCUT2D eigenvalue weighted by Gasteiger charge is 2.24. The number of H-pyrrole nitrogens is 1. The van der Waals surface area contributed by atoms with Gasteiger partial charge in [-0.25, -0.2) is 4.99 Å². The van der Waals surface area contributed by atoms with Gasteiger partial charge in [0, 0.05) is 12.1 Å². The lowest BCUT2D eigenvalue weighted by Crippen LogP contribution is -2.42. The molecule has 0 saturated heterocycles. The minimum Gasteiger partial charge on any atom is -0.493 e. The van der Waals surface area contributed by atoms with E-state index in [1.54, 1.807) is 25.3 Å². The van der Waals surface area contributed by atoms with Crippen LogP contribution in [0.4, 0.5) is 0 Å². The molecule has 212 valence electrons. The van der Waals surface area contributed by atoms with Crippen molar-refractivity contribution in [3.05, 3.63) is 53.6 Å². The fourth-order valence-electron chi connectivity index (χ4n) is 4.88. The number of hydrogen-bond donors (Lipinski definition) is 4. The molecule has 12 heteroatoms. The third kappa shape index (κ3) is 8.01. The minimum absolute atomic E-state index is 0.0654. The molecule has 0 spiro atoms. The topological polar surface area (TPSA) is 169 Å². The van der Waals surface area contributed by atoms with E-state index in [2.05, 4.69) is 36.3 Å². The molecule has 2 amide bonds. The number of tetrazole rings is 1. The lowest BCUT2D eigenvalue weighted by molar-refractivity contribution is -0.123. The van der Waals surface area contributed by atoms with Crippen molar-refractivity contribution in [2.45, 2.75) is 57.5 Å².